The minimum atomic E-state index is -0.991. The van der Waals surface area contributed by atoms with Crippen LogP contribution in [0.4, 0.5) is 17.8 Å². The topological polar surface area (TPSA) is 160 Å². The lowest BCUT2D eigenvalue weighted by atomic mass is 9.96. The van der Waals surface area contributed by atoms with E-state index in [4.69, 9.17) is 9.47 Å². The normalized spacial score (nSPS) is 14.0. The number of aromatic nitrogens is 3. The van der Waals surface area contributed by atoms with Gasteiger partial charge >= 0.3 is 5.97 Å². The number of nitrogens with zero attached hydrogens (tertiary/aromatic N) is 3. The van der Waals surface area contributed by atoms with Crippen LogP contribution in [0.25, 0.3) is 0 Å². The van der Waals surface area contributed by atoms with Crippen LogP contribution < -0.4 is 21.3 Å². The second-order valence-corrected chi connectivity index (χ2v) is 10.3. The van der Waals surface area contributed by atoms with E-state index in [2.05, 4.69) is 36.2 Å². The van der Waals surface area contributed by atoms with Crippen LogP contribution in [0.1, 0.15) is 48.0 Å². The van der Waals surface area contributed by atoms with Crippen LogP contribution in [0.15, 0.2) is 60.7 Å². The number of rotatable bonds is 18. The molecule has 5 N–H and O–H groups in total. The maximum Gasteiger partial charge on any atom is 0.326 e. The van der Waals surface area contributed by atoms with E-state index in [1.165, 1.54) is 6.42 Å². The molecule has 0 spiro atoms. The van der Waals surface area contributed by atoms with Crippen LogP contribution in [0, 0.1) is 0 Å². The number of benzene rings is 2. The van der Waals surface area contributed by atoms with Crippen LogP contribution in [-0.2, 0) is 20.7 Å². The minimum absolute atomic E-state index is 0.130. The van der Waals surface area contributed by atoms with Gasteiger partial charge in [-0.2, -0.15) is 15.0 Å². The first-order valence-electron chi connectivity index (χ1n) is 14.9. The van der Waals surface area contributed by atoms with Crippen molar-refractivity contribution < 1.29 is 24.2 Å². The molecule has 0 saturated heterocycles. The van der Waals surface area contributed by atoms with E-state index in [-0.39, 0.29) is 24.3 Å². The highest BCUT2D eigenvalue weighted by Gasteiger charge is 2.21. The Morgan fingerprint density at radius 3 is 2.12 bits per heavy atom. The molecule has 1 heterocycles. The number of ether oxygens (including phenoxy) is 2. The Bertz CT molecular complexity index is 1260. The number of carbonyl (C=O) groups excluding carboxylic acids is 1. The van der Waals surface area contributed by atoms with Crippen molar-refractivity contribution in [2.45, 2.75) is 50.6 Å². The molecule has 3 aromatic rings. The number of hydrogen-bond donors (Lipinski definition) is 5. The molecule has 1 amide bonds. The Morgan fingerprint density at radius 2 is 1.42 bits per heavy atom. The van der Waals surface area contributed by atoms with Crippen LogP contribution >= 0.6 is 0 Å². The molecule has 1 aromatic heterocycles. The van der Waals surface area contributed by atoms with Crippen molar-refractivity contribution in [2.24, 2.45) is 0 Å². The van der Waals surface area contributed by atoms with Gasteiger partial charge in [-0.15, -0.1) is 0 Å². The van der Waals surface area contributed by atoms with Gasteiger partial charge in [0, 0.05) is 31.1 Å². The zero-order valence-corrected chi connectivity index (χ0v) is 24.3. The van der Waals surface area contributed by atoms with E-state index in [0.717, 1.165) is 31.2 Å². The lowest BCUT2D eigenvalue weighted by Crippen LogP contribution is -2.33. The van der Waals surface area contributed by atoms with Gasteiger partial charge in [0.15, 0.2) is 0 Å². The number of hydrogen-bond acceptors (Lipinski definition) is 10. The van der Waals surface area contributed by atoms with Crippen molar-refractivity contribution in [1.82, 2.24) is 20.3 Å². The monoisotopic (exact) mass is 591 g/mol. The molecule has 0 aliphatic heterocycles. The quantitative estimate of drug-likeness (QED) is 0.138. The van der Waals surface area contributed by atoms with Gasteiger partial charge in [-0.05, 0) is 30.5 Å². The number of nitrogens with one attached hydrogen (secondary N) is 4. The summed E-state index contributed by atoms with van der Waals surface area (Å²) in [4.78, 5) is 37.5. The number of carboxylic acids is 1. The van der Waals surface area contributed by atoms with Crippen LogP contribution in [0.2, 0.25) is 0 Å². The standard InChI is InChI=1S/C31H41N7O5/c39-27(24-12-6-2-7-13-24)32-16-18-42-20-21-43-19-17-33-29-36-30(34-25-14-8-3-9-15-25)38-31(37-29)35-26(28(40)41)22-23-10-4-1-5-11-23/h1-2,4-7,10-13,25-26H,3,8-9,14-22H2,(H,32,39)(H,40,41)(H3,33,34,35,36,37,38)/t26-/m0/s1. The highest BCUT2D eigenvalue weighted by Crippen LogP contribution is 2.21. The second-order valence-electron chi connectivity index (χ2n) is 10.3. The Morgan fingerprint density at radius 1 is 0.791 bits per heavy atom. The van der Waals surface area contributed by atoms with Crippen molar-refractivity contribution in [3.8, 4) is 0 Å². The number of carbonyl (C=O) groups is 2. The predicted octanol–water partition coefficient (Wildman–Crippen LogP) is 3.60. The molecule has 1 aliphatic carbocycles. The Labute approximate surface area is 252 Å². The van der Waals surface area contributed by atoms with Gasteiger partial charge in [-0.25, -0.2) is 4.79 Å². The smallest absolute Gasteiger partial charge is 0.326 e. The molecule has 1 saturated carbocycles. The molecule has 1 atom stereocenters. The molecule has 2 aromatic carbocycles. The van der Waals surface area contributed by atoms with Crippen molar-refractivity contribution >= 4 is 29.7 Å². The summed E-state index contributed by atoms with van der Waals surface area (Å²) in [7, 11) is 0. The number of anilines is 3. The molecule has 12 heteroatoms. The summed E-state index contributed by atoms with van der Waals surface area (Å²) in [6.07, 6.45) is 5.90. The molecule has 1 fully saturated rings. The van der Waals surface area contributed by atoms with E-state index in [9.17, 15) is 14.7 Å². The highest BCUT2D eigenvalue weighted by molar-refractivity contribution is 5.94. The number of amides is 1. The predicted molar refractivity (Wildman–Crippen MR) is 164 cm³/mol. The van der Waals surface area contributed by atoms with Crippen LogP contribution in [-0.4, -0.2) is 83.5 Å². The Hall–Kier alpha value is -4.29. The van der Waals surface area contributed by atoms with E-state index >= 15 is 0 Å². The van der Waals surface area contributed by atoms with Gasteiger partial charge in [0.2, 0.25) is 17.8 Å². The van der Waals surface area contributed by atoms with Gasteiger partial charge in [0.25, 0.3) is 5.91 Å². The van der Waals surface area contributed by atoms with Gasteiger partial charge in [-0.3, -0.25) is 4.79 Å². The van der Waals surface area contributed by atoms with Crippen molar-refractivity contribution in [3.05, 3.63) is 71.8 Å². The third-order valence-electron chi connectivity index (χ3n) is 6.93. The third-order valence-corrected chi connectivity index (χ3v) is 6.93. The maximum atomic E-state index is 12.0. The van der Waals surface area contributed by atoms with E-state index in [1.54, 1.807) is 12.1 Å². The molecule has 230 valence electrons. The van der Waals surface area contributed by atoms with Crippen LogP contribution in [0.3, 0.4) is 0 Å². The third kappa shape index (κ3) is 11.5. The zero-order valence-electron chi connectivity index (χ0n) is 24.3. The molecule has 0 bridgehead atoms. The average Bonchev–Trinajstić information content (AvgIpc) is 3.03. The van der Waals surface area contributed by atoms with E-state index in [0.29, 0.717) is 57.0 Å². The minimum Gasteiger partial charge on any atom is -0.480 e. The number of carboxylic acid groups (broad SMARTS) is 1. The molecule has 12 nitrogen and oxygen atoms in total. The van der Waals surface area contributed by atoms with Crippen LogP contribution in [0.5, 0.6) is 0 Å². The number of aliphatic carboxylic acids is 1. The van der Waals surface area contributed by atoms with Crippen molar-refractivity contribution in [1.29, 1.82) is 0 Å². The first kappa shape index (κ1) is 31.6. The van der Waals surface area contributed by atoms with Gasteiger partial charge in [-0.1, -0.05) is 67.8 Å². The summed E-state index contributed by atoms with van der Waals surface area (Å²) in [6.45, 7) is 2.42. The van der Waals surface area contributed by atoms with Gasteiger partial charge in [0.1, 0.15) is 6.04 Å². The van der Waals surface area contributed by atoms with E-state index < -0.39 is 12.0 Å². The molecular weight excluding hydrogens is 550 g/mol. The summed E-state index contributed by atoms with van der Waals surface area (Å²) in [6, 6.07) is 17.8. The Kier molecular flexibility index (Phi) is 13.0. The molecule has 0 radical (unpaired) electrons. The average molecular weight is 592 g/mol. The molecule has 1 aliphatic rings. The SMILES string of the molecule is O=C(NCCOCCOCCNc1nc(NC2CCCCC2)nc(N[C@@H](Cc2ccccc2)C(=O)O)n1)c1ccccc1. The van der Waals surface area contributed by atoms with Crippen molar-refractivity contribution in [2.75, 3.05) is 55.5 Å². The molecular formula is C31H41N7O5. The second kappa shape index (κ2) is 17.6. The zero-order chi connectivity index (χ0) is 30.1. The lowest BCUT2D eigenvalue weighted by Gasteiger charge is -2.23. The van der Waals surface area contributed by atoms with Gasteiger partial charge in [0.05, 0.1) is 26.4 Å². The first-order chi connectivity index (χ1) is 21.1. The summed E-state index contributed by atoms with van der Waals surface area (Å²) in [5, 5.41) is 22.2. The summed E-state index contributed by atoms with van der Waals surface area (Å²) in [5.41, 5.74) is 1.51. The van der Waals surface area contributed by atoms with E-state index in [1.807, 2.05) is 48.5 Å². The summed E-state index contributed by atoms with van der Waals surface area (Å²) >= 11 is 0. The van der Waals surface area contributed by atoms with Crippen molar-refractivity contribution in [3.63, 3.8) is 0 Å². The fourth-order valence-corrected chi connectivity index (χ4v) is 4.70. The molecule has 0 unspecified atom stereocenters. The summed E-state index contributed by atoms with van der Waals surface area (Å²) < 4.78 is 11.2. The fourth-order valence-electron chi connectivity index (χ4n) is 4.70. The van der Waals surface area contributed by atoms with Gasteiger partial charge < -0.3 is 35.8 Å². The molecule has 43 heavy (non-hydrogen) atoms. The summed E-state index contributed by atoms with van der Waals surface area (Å²) in [5.74, 6) is -0.198. The fraction of sp³-hybridized carbons (Fsp3) is 0.452. The first-order valence-corrected chi connectivity index (χ1v) is 14.9. The lowest BCUT2D eigenvalue weighted by molar-refractivity contribution is -0.137. The Balaban J connectivity index is 1.22. The maximum absolute atomic E-state index is 12.0. The largest absolute Gasteiger partial charge is 0.480 e. The highest BCUT2D eigenvalue weighted by atomic mass is 16.5. The molecule has 4 rings (SSSR count).